The molecule has 1 fully saturated rings. The molecule has 0 saturated carbocycles. The Balaban J connectivity index is 2.63. The van der Waals surface area contributed by atoms with Crippen molar-refractivity contribution in [3.05, 3.63) is 0 Å². The second-order valence-corrected chi connectivity index (χ2v) is 3.64. The van der Waals surface area contributed by atoms with Crippen molar-refractivity contribution in [2.75, 3.05) is 20.8 Å². The third-order valence-electron chi connectivity index (χ3n) is 2.49. The molecule has 1 aliphatic rings. The van der Waals surface area contributed by atoms with E-state index in [0.717, 1.165) is 0 Å². The van der Waals surface area contributed by atoms with E-state index >= 15 is 0 Å². The maximum Gasteiger partial charge on any atom is 0.111 e. The second-order valence-electron chi connectivity index (χ2n) is 3.64. The van der Waals surface area contributed by atoms with Crippen LogP contribution in [-0.2, 0) is 14.2 Å². The second kappa shape index (κ2) is 5.12. The molecule has 1 heterocycles. The summed E-state index contributed by atoms with van der Waals surface area (Å²) in [4.78, 5) is 0. The number of aliphatic hydroxyl groups excluding tert-OH is 1. The summed E-state index contributed by atoms with van der Waals surface area (Å²) in [5.74, 6) is -0.170. The van der Waals surface area contributed by atoms with Crippen LogP contribution in [0.15, 0.2) is 0 Å². The summed E-state index contributed by atoms with van der Waals surface area (Å²) in [6.07, 6.45) is -1.65. The van der Waals surface area contributed by atoms with Gasteiger partial charge in [-0.3, -0.25) is 0 Å². The fraction of sp³-hybridized carbons (Fsp3) is 1.00. The van der Waals surface area contributed by atoms with Crippen molar-refractivity contribution in [2.45, 2.75) is 37.2 Å². The van der Waals surface area contributed by atoms with Gasteiger partial charge in [0.1, 0.15) is 18.3 Å². The van der Waals surface area contributed by atoms with E-state index in [1.165, 1.54) is 0 Å². The molecule has 5 atom stereocenters. The van der Waals surface area contributed by atoms with Gasteiger partial charge in [-0.1, -0.05) is 12.7 Å². The largest absolute Gasteiger partial charge is 0.387 e. The maximum atomic E-state index is 9.81. The monoisotopic (exact) mass is 200 g/mol. The normalized spacial score (nSPS) is 40.0. The molecule has 1 rings (SSSR count). The molecule has 0 aliphatic carbocycles. The Morgan fingerprint density at radius 2 is 2.14 bits per heavy atom. The molecule has 0 aromatic rings. The van der Waals surface area contributed by atoms with Crippen molar-refractivity contribution in [2.24, 2.45) is 0 Å². The lowest BCUT2D eigenvalue weighted by Crippen LogP contribution is -2.36. The summed E-state index contributed by atoms with van der Waals surface area (Å²) in [6.45, 7) is 2.18. The van der Waals surface area contributed by atoms with Gasteiger partial charge in [-0.15, -0.1) is 0 Å². The molecule has 14 heavy (non-hydrogen) atoms. The zero-order valence-electron chi connectivity index (χ0n) is 8.84. The zero-order chi connectivity index (χ0) is 10.7. The van der Waals surface area contributed by atoms with Gasteiger partial charge in [0.15, 0.2) is 0 Å². The van der Waals surface area contributed by atoms with E-state index in [2.05, 4.69) is 0 Å². The first-order valence-corrected chi connectivity index (χ1v) is 4.72. The summed E-state index contributed by atoms with van der Waals surface area (Å²) in [6, 6.07) is 0. The van der Waals surface area contributed by atoms with Crippen molar-refractivity contribution in [3.8, 4) is 0 Å². The first kappa shape index (κ1) is 12.0. The van der Waals surface area contributed by atoms with Crippen LogP contribution in [0.3, 0.4) is 0 Å². The minimum Gasteiger partial charge on any atom is -0.387 e. The van der Waals surface area contributed by atoms with Gasteiger partial charge in [-0.05, 0) is 0 Å². The van der Waals surface area contributed by atoms with E-state index < -0.39 is 6.10 Å². The highest BCUT2D eigenvalue weighted by Gasteiger charge is 2.44. The molecular weight excluding hydrogens is 183 g/mol. The topological polar surface area (TPSA) is 47.9 Å². The lowest BCUT2D eigenvalue weighted by molar-refractivity contribution is -0.0334. The van der Waals surface area contributed by atoms with Gasteiger partial charge in [0.25, 0.3) is 0 Å². The van der Waals surface area contributed by atoms with E-state index in [1.54, 1.807) is 14.2 Å². The fourth-order valence-electron chi connectivity index (χ4n) is 1.76. The van der Waals surface area contributed by atoms with Crippen LogP contribution >= 0.6 is 0 Å². The van der Waals surface area contributed by atoms with Crippen LogP contribution in [0.2, 0.25) is 5.82 Å². The van der Waals surface area contributed by atoms with Crippen LogP contribution in [0.4, 0.5) is 0 Å². The van der Waals surface area contributed by atoms with Crippen LogP contribution in [0.25, 0.3) is 0 Å². The number of methoxy groups -OCH3 is 2. The highest BCUT2D eigenvalue weighted by molar-refractivity contribution is 6.11. The Kier molecular flexibility index (Phi) is 4.38. The molecule has 1 saturated heterocycles. The first-order chi connectivity index (χ1) is 6.61. The Hall–Kier alpha value is -0.0951. The average molecular weight is 200 g/mol. The molecule has 2 unspecified atom stereocenters. The predicted molar refractivity (Wildman–Crippen MR) is 52.5 cm³/mol. The van der Waals surface area contributed by atoms with E-state index in [-0.39, 0.29) is 24.1 Å². The molecule has 0 aromatic heterocycles. The lowest BCUT2D eigenvalue weighted by Gasteiger charge is -2.21. The van der Waals surface area contributed by atoms with Gasteiger partial charge in [-0.25, -0.2) is 0 Å². The van der Waals surface area contributed by atoms with Gasteiger partial charge in [-0.2, -0.15) is 0 Å². The number of hydrogen-bond acceptors (Lipinski definition) is 4. The van der Waals surface area contributed by atoms with E-state index in [1.807, 2.05) is 6.92 Å². The highest BCUT2D eigenvalue weighted by atomic mass is 16.6. The van der Waals surface area contributed by atoms with Crippen LogP contribution < -0.4 is 0 Å². The van der Waals surface area contributed by atoms with Crippen molar-refractivity contribution >= 4 is 7.85 Å². The van der Waals surface area contributed by atoms with Crippen molar-refractivity contribution < 1.29 is 19.3 Å². The Morgan fingerprint density at radius 3 is 2.50 bits per heavy atom. The van der Waals surface area contributed by atoms with Crippen LogP contribution in [0.1, 0.15) is 6.92 Å². The average Bonchev–Trinajstić information content (AvgIpc) is 2.44. The number of ether oxygens (including phenoxy) is 3. The zero-order valence-corrected chi connectivity index (χ0v) is 8.84. The summed E-state index contributed by atoms with van der Waals surface area (Å²) in [5.41, 5.74) is 0. The Bertz CT molecular complexity index is 176. The standard InChI is InChI=1S/C9H17BO4/c1-5(10)8-9(13-3)7(11)6(14-8)4-12-2/h5-9,11H,4H2,1-3H3/t5-,6-,7+,8?,9?/m1/s1. The highest BCUT2D eigenvalue weighted by Crippen LogP contribution is 2.29. The number of aliphatic hydroxyl groups is 1. The van der Waals surface area contributed by atoms with Crippen LogP contribution in [0, 0.1) is 0 Å². The van der Waals surface area contributed by atoms with Gasteiger partial charge >= 0.3 is 0 Å². The van der Waals surface area contributed by atoms with Crippen LogP contribution in [-0.4, -0.2) is 58.2 Å². The van der Waals surface area contributed by atoms with Gasteiger partial charge in [0.05, 0.1) is 20.6 Å². The van der Waals surface area contributed by atoms with Gasteiger partial charge in [0, 0.05) is 14.2 Å². The van der Waals surface area contributed by atoms with Gasteiger partial charge in [0.2, 0.25) is 0 Å². The Morgan fingerprint density at radius 1 is 1.50 bits per heavy atom. The summed E-state index contributed by atoms with van der Waals surface area (Å²) >= 11 is 0. The van der Waals surface area contributed by atoms with Crippen LogP contribution in [0.5, 0.6) is 0 Å². The molecule has 0 aromatic carbocycles. The smallest absolute Gasteiger partial charge is 0.111 e. The molecule has 5 heteroatoms. The van der Waals surface area contributed by atoms with E-state index in [4.69, 9.17) is 22.1 Å². The molecule has 1 aliphatic heterocycles. The fourth-order valence-corrected chi connectivity index (χ4v) is 1.76. The van der Waals surface area contributed by atoms with Gasteiger partial charge < -0.3 is 19.3 Å². The minimum atomic E-state index is -0.670. The lowest BCUT2D eigenvalue weighted by atomic mass is 9.82. The molecule has 80 valence electrons. The third-order valence-corrected chi connectivity index (χ3v) is 2.49. The first-order valence-electron chi connectivity index (χ1n) is 4.72. The SMILES string of the molecule is [B][C@H](C)C1O[C@H](COC)[C@H](O)C1OC. The van der Waals surface area contributed by atoms with E-state index in [0.29, 0.717) is 6.61 Å². The quantitative estimate of drug-likeness (QED) is 0.636. The van der Waals surface area contributed by atoms with Crippen molar-refractivity contribution in [1.82, 2.24) is 0 Å². The molecule has 0 bridgehead atoms. The van der Waals surface area contributed by atoms with Crippen molar-refractivity contribution in [1.29, 1.82) is 0 Å². The number of hydrogen-bond donors (Lipinski definition) is 1. The molecule has 0 amide bonds. The summed E-state index contributed by atoms with van der Waals surface area (Å²) in [5, 5.41) is 9.81. The molecular formula is C9H17BO4. The van der Waals surface area contributed by atoms with E-state index in [9.17, 15) is 5.11 Å². The molecule has 1 N–H and O–H groups in total. The molecule has 2 radical (unpaired) electrons. The third kappa shape index (κ3) is 2.28. The van der Waals surface area contributed by atoms with Crippen molar-refractivity contribution in [3.63, 3.8) is 0 Å². The summed E-state index contributed by atoms with van der Waals surface area (Å²) < 4.78 is 15.7. The molecule has 4 nitrogen and oxygen atoms in total. The minimum absolute atomic E-state index is 0.170. The molecule has 0 spiro atoms. The Labute approximate surface area is 85.9 Å². The maximum absolute atomic E-state index is 9.81. The predicted octanol–water partition coefficient (Wildman–Crippen LogP) is -0.247. The number of rotatable bonds is 4. The summed E-state index contributed by atoms with van der Waals surface area (Å²) in [7, 11) is 8.84.